The molecule has 1 aliphatic rings. The molecule has 8 heteroatoms. The van der Waals surface area contributed by atoms with Crippen LogP contribution in [-0.4, -0.2) is 40.6 Å². The molecule has 1 N–H and O–H groups in total. The normalized spacial score (nSPS) is 15.3. The summed E-state index contributed by atoms with van der Waals surface area (Å²) < 4.78 is 18.8. The van der Waals surface area contributed by atoms with Gasteiger partial charge >= 0.3 is 0 Å². The highest BCUT2D eigenvalue weighted by atomic mass is 35.5. The average molecular weight is 429 g/mol. The van der Waals surface area contributed by atoms with E-state index in [1.165, 1.54) is 12.1 Å². The van der Waals surface area contributed by atoms with Crippen molar-refractivity contribution < 1.29 is 13.7 Å². The molecule has 6 nitrogen and oxygen atoms in total. The van der Waals surface area contributed by atoms with Crippen LogP contribution in [0.1, 0.15) is 30.2 Å². The van der Waals surface area contributed by atoms with Crippen molar-refractivity contribution in [3.8, 4) is 11.4 Å². The number of likely N-dealkylation sites (tertiary alicyclic amines) is 1. The van der Waals surface area contributed by atoms with Crippen molar-refractivity contribution in [3.63, 3.8) is 0 Å². The molecule has 0 spiro atoms. The Hall–Kier alpha value is -2.77. The van der Waals surface area contributed by atoms with E-state index in [1.54, 1.807) is 12.1 Å². The molecule has 1 fully saturated rings. The molecular formula is C22H22ClFN4O2. The van der Waals surface area contributed by atoms with E-state index in [9.17, 15) is 9.18 Å². The molecular weight excluding hydrogens is 407 g/mol. The number of benzene rings is 2. The van der Waals surface area contributed by atoms with Crippen molar-refractivity contribution >= 4 is 17.5 Å². The number of rotatable bonds is 6. The summed E-state index contributed by atoms with van der Waals surface area (Å²) in [6, 6.07) is 13.6. The highest BCUT2D eigenvalue weighted by Gasteiger charge is 2.26. The molecule has 0 bridgehead atoms. The first-order valence-electron chi connectivity index (χ1n) is 9.90. The van der Waals surface area contributed by atoms with Gasteiger partial charge in [0, 0.05) is 23.0 Å². The average Bonchev–Trinajstić information content (AvgIpc) is 3.24. The van der Waals surface area contributed by atoms with Crippen LogP contribution >= 0.6 is 11.6 Å². The quantitative estimate of drug-likeness (QED) is 0.642. The summed E-state index contributed by atoms with van der Waals surface area (Å²) in [6.45, 7) is 2.29. The van der Waals surface area contributed by atoms with Gasteiger partial charge < -0.3 is 9.84 Å². The van der Waals surface area contributed by atoms with Crippen LogP contribution in [0.3, 0.4) is 0 Å². The topological polar surface area (TPSA) is 71.3 Å². The second-order valence-corrected chi connectivity index (χ2v) is 7.79. The van der Waals surface area contributed by atoms with Gasteiger partial charge in [0.25, 0.3) is 0 Å². The largest absolute Gasteiger partial charge is 0.351 e. The van der Waals surface area contributed by atoms with Gasteiger partial charge in [-0.3, -0.25) is 9.69 Å². The minimum Gasteiger partial charge on any atom is -0.351 e. The maximum Gasteiger partial charge on any atom is 0.234 e. The lowest BCUT2D eigenvalue weighted by atomic mass is 9.97. The van der Waals surface area contributed by atoms with Crippen LogP contribution in [0, 0.1) is 5.82 Å². The summed E-state index contributed by atoms with van der Waals surface area (Å²) in [4.78, 5) is 18.8. The first-order chi connectivity index (χ1) is 14.6. The van der Waals surface area contributed by atoms with E-state index in [4.69, 9.17) is 16.1 Å². The van der Waals surface area contributed by atoms with E-state index in [0.29, 0.717) is 35.4 Å². The number of piperidine rings is 1. The fourth-order valence-corrected chi connectivity index (χ4v) is 3.78. The van der Waals surface area contributed by atoms with Gasteiger partial charge in [0.05, 0.1) is 6.54 Å². The second-order valence-electron chi connectivity index (χ2n) is 7.39. The number of nitrogens with zero attached hydrogens (tertiary/aromatic N) is 3. The minimum atomic E-state index is -0.333. The molecule has 0 saturated carbocycles. The van der Waals surface area contributed by atoms with Crippen LogP contribution in [-0.2, 0) is 11.3 Å². The molecule has 0 aliphatic carbocycles. The SMILES string of the molecule is O=C(CN1CCC(c2nc(-c3cccc(F)c3)no2)CC1)NCc1ccccc1Cl. The van der Waals surface area contributed by atoms with Crippen molar-refractivity contribution in [1.29, 1.82) is 0 Å². The third-order valence-electron chi connectivity index (χ3n) is 5.26. The molecule has 1 aliphatic heterocycles. The molecule has 2 heterocycles. The lowest BCUT2D eigenvalue weighted by molar-refractivity contribution is -0.122. The Kier molecular flexibility index (Phi) is 6.40. The van der Waals surface area contributed by atoms with E-state index in [2.05, 4.69) is 20.4 Å². The number of nitrogens with one attached hydrogen (secondary N) is 1. The lowest BCUT2D eigenvalue weighted by Crippen LogP contribution is -2.41. The van der Waals surface area contributed by atoms with Crippen molar-refractivity contribution in [2.45, 2.75) is 25.3 Å². The lowest BCUT2D eigenvalue weighted by Gasteiger charge is -2.29. The van der Waals surface area contributed by atoms with Gasteiger partial charge in [0.15, 0.2) is 0 Å². The Morgan fingerprint density at radius 2 is 2.00 bits per heavy atom. The Morgan fingerprint density at radius 1 is 1.20 bits per heavy atom. The Bertz CT molecular complexity index is 1020. The standard InChI is InChI=1S/C22H22ClFN4O2/c23-19-7-2-1-4-17(19)13-25-20(29)14-28-10-8-15(9-11-28)22-26-21(27-30-22)16-5-3-6-18(24)12-16/h1-7,12,15H,8-11,13-14H2,(H,25,29). The number of hydrogen-bond donors (Lipinski definition) is 1. The third kappa shape index (κ3) is 5.04. The maximum absolute atomic E-state index is 13.4. The van der Waals surface area contributed by atoms with Crippen molar-refractivity contribution in [3.05, 3.63) is 70.8 Å². The van der Waals surface area contributed by atoms with Crippen molar-refractivity contribution in [2.75, 3.05) is 19.6 Å². The molecule has 0 unspecified atom stereocenters. The van der Waals surface area contributed by atoms with Gasteiger partial charge in [-0.25, -0.2) is 4.39 Å². The molecule has 2 aromatic carbocycles. The number of carbonyl (C=O) groups excluding carboxylic acids is 1. The Balaban J connectivity index is 1.26. The third-order valence-corrected chi connectivity index (χ3v) is 5.63. The number of carbonyl (C=O) groups is 1. The van der Waals surface area contributed by atoms with Crippen molar-refractivity contribution in [2.24, 2.45) is 0 Å². The van der Waals surface area contributed by atoms with Gasteiger partial charge in [-0.05, 0) is 49.7 Å². The van der Waals surface area contributed by atoms with Crippen LogP contribution in [0.5, 0.6) is 0 Å². The van der Waals surface area contributed by atoms with E-state index in [1.807, 2.05) is 24.3 Å². The predicted molar refractivity (Wildman–Crippen MR) is 111 cm³/mol. The molecule has 1 amide bonds. The second kappa shape index (κ2) is 9.36. The smallest absolute Gasteiger partial charge is 0.234 e. The molecule has 4 rings (SSSR count). The van der Waals surface area contributed by atoms with E-state index in [-0.39, 0.29) is 17.6 Å². The van der Waals surface area contributed by atoms with E-state index >= 15 is 0 Å². The zero-order valence-electron chi connectivity index (χ0n) is 16.4. The van der Waals surface area contributed by atoms with Gasteiger partial charge in [0.2, 0.25) is 17.6 Å². The number of amides is 1. The molecule has 1 aromatic heterocycles. The Labute approximate surface area is 179 Å². The summed E-state index contributed by atoms with van der Waals surface area (Å²) in [6.07, 6.45) is 1.64. The molecule has 1 saturated heterocycles. The molecule has 156 valence electrons. The summed E-state index contributed by atoms with van der Waals surface area (Å²) >= 11 is 6.12. The zero-order valence-corrected chi connectivity index (χ0v) is 17.1. The van der Waals surface area contributed by atoms with Crippen LogP contribution < -0.4 is 5.32 Å². The van der Waals surface area contributed by atoms with Crippen molar-refractivity contribution in [1.82, 2.24) is 20.4 Å². The monoisotopic (exact) mass is 428 g/mol. The summed E-state index contributed by atoms with van der Waals surface area (Å²) in [7, 11) is 0. The molecule has 30 heavy (non-hydrogen) atoms. The van der Waals surface area contributed by atoms with Gasteiger partial charge in [-0.15, -0.1) is 0 Å². The number of hydrogen-bond acceptors (Lipinski definition) is 5. The summed E-state index contributed by atoms with van der Waals surface area (Å²) in [5, 5.41) is 7.56. The van der Waals surface area contributed by atoms with Crippen LogP contribution in [0.2, 0.25) is 5.02 Å². The highest BCUT2D eigenvalue weighted by molar-refractivity contribution is 6.31. The zero-order chi connectivity index (χ0) is 20.9. The summed E-state index contributed by atoms with van der Waals surface area (Å²) in [5.41, 5.74) is 1.49. The predicted octanol–water partition coefficient (Wildman–Crippen LogP) is 4.02. The van der Waals surface area contributed by atoms with Gasteiger partial charge in [-0.2, -0.15) is 4.98 Å². The Morgan fingerprint density at radius 3 is 2.77 bits per heavy atom. The summed E-state index contributed by atoms with van der Waals surface area (Å²) in [5.74, 6) is 0.740. The van der Waals surface area contributed by atoms with Gasteiger partial charge in [0.1, 0.15) is 5.82 Å². The highest BCUT2D eigenvalue weighted by Crippen LogP contribution is 2.28. The van der Waals surface area contributed by atoms with Gasteiger partial charge in [-0.1, -0.05) is 47.1 Å². The number of halogens is 2. The fourth-order valence-electron chi connectivity index (χ4n) is 3.58. The molecule has 0 radical (unpaired) electrons. The van der Waals surface area contributed by atoms with E-state index < -0.39 is 0 Å². The van der Waals surface area contributed by atoms with Crippen LogP contribution in [0.25, 0.3) is 11.4 Å². The van der Waals surface area contributed by atoms with Crippen LogP contribution in [0.15, 0.2) is 53.1 Å². The molecule has 3 aromatic rings. The van der Waals surface area contributed by atoms with E-state index in [0.717, 1.165) is 31.5 Å². The first-order valence-corrected chi connectivity index (χ1v) is 10.3. The number of aromatic nitrogens is 2. The first kappa shape index (κ1) is 20.5. The maximum atomic E-state index is 13.4. The minimum absolute atomic E-state index is 0.0282. The van der Waals surface area contributed by atoms with Crippen LogP contribution in [0.4, 0.5) is 4.39 Å². The molecule has 0 atom stereocenters. The fraction of sp³-hybridized carbons (Fsp3) is 0.318.